The number of unbranched alkanes of at least 4 members (excludes halogenated alkanes) is 1. The maximum absolute atomic E-state index is 12.4. The molecule has 0 aliphatic heterocycles. The molecule has 3 rings (SSSR count). The zero-order valence-corrected chi connectivity index (χ0v) is 12.7. The average Bonchev–Trinajstić information content (AvgIpc) is 3.14. The van der Waals surface area contributed by atoms with Crippen molar-refractivity contribution in [1.29, 1.82) is 0 Å². The van der Waals surface area contributed by atoms with Gasteiger partial charge in [0, 0.05) is 17.8 Å². The van der Waals surface area contributed by atoms with E-state index in [4.69, 9.17) is 5.73 Å². The van der Waals surface area contributed by atoms with E-state index in [0.717, 1.165) is 43.4 Å². The lowest BCUT2D eigenvalue weighted by molar-refractivity contribution is 0.0946. The number of fused-ring (bicyclic) bond motifs is 1. The van der Waals surface area contributed by atoms with Crippen molar-refractivity contribution in [2.75, 3.05) is 13.1 Å². The number of amides is 1. The third kappa shape index (κ3) is 2.90. The summed E-state index contributed by atoms with van der Waals surface area (Å²) >= 11 is 0. The van der Waals surface area contributed by atoms with Crippen LogP contribution < -0.4 is 11.1 Å². The summed E-state index contributed by atoms with van der Waals surface area (Å²) < 4.78 is 1.93. The molecule has 3 N–H and O–H groups in total. The molecule has 0 saturated carbocycles. The van der Waals surface area contributed by atoms with E-state index in [9.17, 15) is 4.79 Å². The SMILES string of the molecule is NCCCCNC(=O)c1nn(-c2ccccc2)c2c1CCC2. The molecule has 5 nitrogen and oxygen atoms in total. The Bertz CT molecular complexity index is 648. The molecule has 1 aromatic heterocycles. The number of nitrogens with two attached hydrogens (primary N) is 1. The average molecular weight is 298 g/mol. The zero-order valence-electron chi connectivity index (χ0n) is 12.7. The molecule has 0 spiro atoms. The van der Waals surface area contributed by atoms with Crippen LogP contribution >= 0.6 is 0 Å². The van der Waals surface area contributed by atoms with Crippen LogP contribution in [0.4, 0.5) is 0 Å². The summed E-state index contributed by atoms with van der Waals surface area (Å²) in [5.41, 5.74) is 9.36. The van der Waals surface area contributed by atoms with Crippen molar-refractivity contribution in [1.82, 2.24) is 15.1 Å². The van der Waals surface area contributed by atoms with Gasteiger partial charge in [-0.25, -0.2) is 4.68 Å². The van der Waals surface area contributed by atoms with Gasteiger partial charge in [-0.1, -0.05) is 18.2 Å². The number of nitrogens with zero attached hydrogens (tertiary/aromatic N) is 2. The quantitative estimate of drug-likeness (QED) is 0.799. The normalized spacial score (nSPS) is 13.1. The van der Waals surface area contributed by atoms with Crippen molar-refractivity contribution in [2.45, 2.75) is 32.1 Å². The lowest BCUT2D eigenvalue weighted by Crippen LogP contribution is -2.26. The molecule has 0 bridgehead atoms. The van der Waals surface area contributed by atoms with Crippen LogP contribution in [0.15, 0.2) is 30.3 Å². The van der Waals surface area contributed by atoms with E-state index >= 15 is 0 Å². The number of para-hydroxylation sites is 1. The number of aromatic nitrogens is 2. The Morgan fingerprint density at radius 3 is 2.82 bits per heavy atom. The summed E-state index contributed by atoms with van der Waals surface area (Å²) in [6.45, 7) is 1.32. The first-order valence-corrected chi connectivity index (χ1v) is 7.95. The molecule has 1 aromatic carbocycles. The molecule has 1 heterocycles. The second-order valence-corrected chi connectivity index (χ2v) is 5.63. The summed E-state index contributed by atoms with van der Waals surface area (Å²) in [5.74, 6) is -0.0650. The first-order chi connectivity index (χ1) is 10.8. The lowest BCUT2D eigenvalue weighted by atomic mass is 10.2. The number of hydrogen-bond donors (Lipinski definition) is 2. The Kier molecular flexibility index (Phi) is 4.53. The van der Waals surface area contributed by atoms with E-state index in [0.29, 0.717) is 18.8 Å². The van der Waals surface area contributed by atoms with Crippen LogP contribution in [0, 0.1) is 0 Å². The van der Waals surface area contributed by atoms with Gasteiger partial charge in [0.15, 0.2) is 5.69 Å². The van der Waals surface area contributed by atoms with E-state index in [-0.39, 0.29) is 5.91 Å². The Labute approximate surface area is 130 Å². The van der Waals surface area contributed by atoms with Crippen LogP contribution in [0.1, 0.15) is 41.0 Å². The Hall–Kier alpha value is -2.14. The molecule has 0 radical (unpaired) electrons. The fraction of sp³-hybridized carbons (Fsp3) is 0.412. The molecule has 1 amide bonds. The van der Waals surface area contributed by atoms with Crippen molar-refractivity contribution in [3.8, 4) is 5.69 Å². The summed E-state index contributed by atoms with van der Waals surface area (Å²) in [6, 6.07) is 10.0. The van der Waals surface area contributed by atoms with Gasteiger partial charge in [0.1, 0.15) is 0 Å². The summed E-state index contributed by atoms with van der Waals surface area (Å²) in [7, 11) is 0. The van der Waals surface area contributed by atoms with Crippen molar-refractivity contribution in [2.24, 2.45) is 5.73 Å². The third-order valence-electron chi connectivity index (χ3n) is 4.06. The topological polar surface area (TPSA) is 72.9 Å². The fourth-order valence-electron chi connectivity index (χ4n) is 2.96. The molecule has 22 heavy (non-hydrogen) atoms. The highest BCUT2D eigenvalue weighted by molar-refractivity contribution is 5.94. The van der Waals surface area contributed by atoms with Gasteiger partial charge in [-0.15, -0.1) is 0 Å². The van der Waals surface area contributed by atoms with Gasteiger partial charge in [-0.05, 0) is 50.8 Å². The third-order valence-corrected chi connectivity index (χ3v) is 4.06. The largest absolute Gasteiger partial charge is 0.351 e. The van der Waals surface area contributed by atoms with Gasteiger partial charge < -0.3 is 11.1 Å². The second kappa shape index (κ2) is 6.75. The maximum Gasteiger partial charge on any atom is 0.272 e. The molecule has 5 heteroatoms. The number of benzene rings is 1. The number of carbonyl (C=O) groups is 1. The van der Waals surface area contributed by atoms with Gasteiger partial charge in [0.05, 0.1) is 5.69 Å². The number of nitrogens with one attached hydrogen (secondary N) is 1. The van der Waals surface area contributed by atoms with Crippen LogP contribution in [0.3, 0.4) is 0 Å². The van der Waals surface area contributed by atoms with Crippen LogP contribution in [-0.2, 0) is 12.8 Å². The number of hydrogen-bond acceptors (Lipinski definition) is 3. The fourth-order valence-corrected chi connectivity index (χ4v) is 2.96. The first kappa shape index (κ1) is 14.8. The zero-order chi connectivity index (χ0) is 15.4. The minimum Gasteiger partial charge on any atom is -0.351 e. The van der Waals surface area contributed by atoms with Crippen molar-refractivity contribution >= 4 is 5.91 Å². The molecule has 0 saturated heterocycles. The number of rotatable bonds is 6. The monoisotopic (exact) mass is 298 g/mol. The molecule has 1 aliphatic rings. The molecule has 2 aromatic rings. The molecule has 0 unspecified atom stereocenters. The Morgan fingerprint density at radius 1 is 1.23 bits per heavy atom. The summed E-state index contributed by atoms with van der Waals surface area (Å²) in [4.78, 5) is 12.4. The van der Waals surface area contributed by atoms with E-state index in [1.165, 1.54) is 5.69 Å². The predicted octanol–water partition coefficient (Wildman–Crippen LogP) is 1.83. The van der Waals surface area contributed by atoms with Gasteiger partial charge >= 0.3 is 0 Å². The first-order valence-electron chi connectivity index (χ1n) is 7.95. The van der Waals surface area contributed by atoms with E-state index in [1.54, 1.807) is 0 Å². The summed E-state index contributed by atoms with van der Waals surface area (Å²) in [5, 5.41) is 7.54. The van der Waals surface area contributed by atoms with Crippen LogP contribution in [0.2, 0.25) is 0 Å². The molecule has 116 valence electrons. The van der Waals surface area contributed by atoms with Crippen molar-refractivity contribution in [3.05, 3.63) is 47.3 Å². The van der Waals surface area contributed by atoms with Crippen molar-refractivity contribution in [3.63, 3.8) is 0 Å². The molecule has 1 aliphatic carbocycles. The van der Waals surface area contributed by atoms with E-state index in [2.05, 4.69) is 10.4 Å². The highest BCUT2D eigenvalue weighted by Gasteiger charge is 2.26. The minimum absolute atomic E-state index is 0.0650. The van der Waals surface area contributed by atoms with Gasteiger partial charge in [-0.3, -0.25) is 4.79 Å². The van der Waals surface area contributed by atoms with Crippen LogP contribution in [0.25, 0.3) is 5.69 Å². The highest BCUT2D eigenvalue weighted by atomic mass is 16.1. The second-order valence-electron chi connectivity index (χ2n) is 5.63. The predicted molar refractivity (Wildman–Crippen MR) is 86.2 cm³/mol. The van der Waals surface area contributed by atoms with Gasteiger partial charge in [0.25, 0.3) is 5.91 Å². The summed E-state index contributed by atoms with van der Waals surface area (Å²) in [6.07, 6.45) is 4.85. The van der Waals surface area contributed by atoms with Crippen LogP contribution in [0.5, 0.6) is 0 Å². The molecule has 0 fully saturated rings. The Morgan fingerprint density at radius 2 is 2.05 bits per heavy atom. The molecule has 0 atom stereocenters. The minimum atomic E-state index is -0.0650. The van der Waals surface area contributed by atoms with Gasteiger partial charge in [0.2, 0.25) is 0 Å². The maximum atomic E-state index is 12.4. The van der Waals surface area contributed by atoms with Gasteiger partial charge in [-0.2, -0.15) is 5.10 Å². The van der Waals surface area contributed by atoms with E-state index < -0.39 is 0 Å². The smallest absolute Gasteiger partial charge is 0.272 e. The standard InChI is InChI=1S/C17H22N4O/c18-11-4-5-12-19-17(22)16-14-9-6-10-15(14)21(20-16)13-7-2-1-3-8-13/h1-3,7-8H,4-6,9-12,18H2,(H,19,22). The molecular formula is C17H22N4O. The Balaban J connectivity index is 1.82. The van der Waals surface area contributed by atoms with Crippen LogP contribution in [-0.4, -0.2) is 28.8 Å². The highest BCUT2D eigenvalue weighted by Crippen LogP contribution is 2.27. The van der Waals surface area contributed by atoms with E-state index in [1.807, 2.05) is 35.0 Å². The lowest BCUT2D eigenvalue weighted by Gasteiger charge is -2.05. The molecular weight excluding hydrogens is 276 g/mol. The van der Waals surface area contributed by atoms with Crippen molar-refractivity contribution < 1.29 is 4.79 Å². The number of carbonyl (C=O) groups excluding carboxylic acids is 1.